The summed E-state index contributed by atoms with van der Waals surface area (Å²) in [5, 5.41) is 0.0101. The van der Waals surface area contributed by atoms with E-state index in [0.717, 1.165) is 25.9 Å². The molecule has 2 saturated heterocycles. The van der Waals surface area contributed by atoms with Gasteiger partial charge in [0.1, 0.15) is 0 Å². The maximum atomic E-state index is 13.0. The van der Waals surface area contributed by atoms with Gasteiger partial charge in [0, 0.05) is 22.6 Å². The van der Waals surface area contributed by atoms with E-state index >= 15 is 0 Å². The second-order valence-corrected chi connectivity index (χ2v) is 12.1. The molecular formula is C15H22ClNO3S2. The Bertz CT molecular complexity index is 639. The summed E-state index contributed by atoms with van der Waals surface area (Å²) in [4.78, 5) is 2.57. The van der Waals surface area contributed by atoms with Crippen LogP contribution in [0.2, 0.25) is 5.02 Å². The maximum Gasteiger partial charge on any atom is 0.183 e. The molecule has 22 heavy (non-hydrogen) atoms. The molecule has 0 spiro atoms. The Kier molecular flexibility index (Phi) is 4.51. The molecule has 0 saturated carbocycles. The molecule has 2 unspecified atom stereocenters. The molecule has 0 radical (unpaired) electrons. The van der Waals surface area contributed by atoms with Crippen LogP contribution in [0.5, 0.6) is 0 Å². The van der Waals surface area contributed by atoms with E-state index in [4.69, 9.17) is 11.6 Å². The van der Waals surface area contributed by atoms with Gasteiger partial charge in [0.15, 0.2) is 9.84 Å². The molecule has 0 aromatic heterocycles. The summed E-state index contributed by atoms with van der Waals surface area (Å²) < 4.78 is 36.6. The largest absolute Gasteiger partial charge is 0.352 e. The summed E-state index contributed by atoms with van der Waals surface area (Å²) in [6, 6.07) is 6.30. The van der Waals surface area contributed by atoms with Crippen LogP contribution in [0.15, 0.2) is 29.2 Å². The standard InChI is InChI=1S/C15H22ClNO3S2/c1-21(18)10-14(17-8-2-3-9-17)15(11-21)22(19,20)13-6-4-12(16)5-7-13/h4-7,14-15,18H,2-3,8-11H2,1H3/t14?,15-/m0/s1. The van der Waals surface area contributed by atoms with Crippen LogP contribution in [0, 0.1) is 0 Å². The molecule has 1 aromatic carbocycles. The summed E-state index contributed by atoms with van der Waals surface area (Å²) in [6.45, 7) is 1.87. The highest BCUT2D eigenvalue weighted by atomic mass is 35.5. The number of sulfone groups is 1. The van der Waals surface area contributed by atoms with Gasteiger partial charge in [0.05, 0.1) is 10.1 Å². The van der Waals surface area contributed by atoms with Crippen molar-refractivity contribution in [2.75, 3.05) is 30.9 Å². The van der Waals surface area contributed by atoms with Crippen LogP contribution < -0.4 is 0 Å². The molecule has 3 atom stereocenters. The van der Waals surface area contributed by atoms with Crippen molar-refractivity contribution in [3.8, 4) is 0 Å². The van der Waals surface area contributed by atoms with Gasteiger partial charge in [-0.15, -0.1) is 10.3 Å². The average Bonchev–Trinajstić information content (AvgIpc) is 3.06. The van der Waals surface area contributed by atoms with E-state index in [1.807, 2.05) is 6.26 Å². The Morgan fingerprint density at radius 3 is 2.36 bits per heavy atom. The lowest BCUT2D eigenvalue weighted by atomic mass is 10.2. The van der Waals surface area contributed by atoms with Crippen molar-refractivity contribution < 1.29 is 13.0 Å². The third-order valence-electron chi connectivity index (χ3n) is 4.63. The number of likely N-dealkylation sites (tertiary alicyclic amines) is 1. The van der Waals surface area contributed by atoms with Crippen LogP contribution in [0.3, 0.4) is 0 Å². The third-order valence-corrected chi connectivity index (χ3v) is 9.44. The summed E-state index contributed by atoms with van der Waals surface area (Å²) in [5.41, 5.74) is 0. The first-order valence-corrected chi connectivity index (χ1v) is 11.8. The molecule has 1 aromatic rings. The zero-order valence-corrected chi connectivity index (χ0v) is 15.0. The van der Waals surface area contributed by atoms with Crippen LogP contribution in [-0.2, 0) is 9.84 Å². The minimum Gasteiger partial charge on any atom is -0.352 e. The first-order chi connectivity index (χ1) is 10.3. The van der Waals surface area contributed by atoms with E-state index in [0.29, 0.717) is 21.4 Å². The average molecular weight is 364 g/mol. The molecule has 124 valence electrons. The SMILES string of the molecule is CS1(O)CC(N2CCCC2)[C@@H](S(=O)(=O)c2ccc(Cl)cc2)C1. The summed E-state index contributed by atoms with van der Waals surface area (Å²) in [7, 11) is -5.28. The fourth-order valence-corrected chi connectivity index (χ4v) is 9.15. The van der Waals surface area contributed by atoms with Gasteiger partial charge in [-0.3, -0.25) is 4.90 Å². The predicted molar refractivity (Wildman–Crippen MR) is 92.9 cm³/mol. The van der Waals surface area contributed by atoms with Crippen molar-refractivity contribution >= 4 is 31.7 Å². The van der Waals surface area contributed by atoms with Gasteiger partial charge in [-0.2, -0.15) is 0 Å². The molecule has 7 heteroatoms. The Labute approximate surface area is 138 Å². The van der Waals surface area contributed by atoms with Crippen molar-refractivity contribution in [2.24, 2.45) is 0 Å². The highest BCUT2D eigenvalue weighted by molar-refractivity contribution is 8.29. The first kappa shape index (κ1) is 16.6. The van der Waals surface area contributed by atoms with E-state index < -0.39 is 25.4 Å². The normalized spacial score (nSPS) is 36.3. The molecule has 0 amide bonds. The number of hydrogen-bond acceptors (Lipinski definition) is 4. The van der Waals surface area contributed by atoms with Gasteiger partial charge >= 0.3 is 0 Å². The molecular weight excluding hydrogens is 342 g/mol. The van der Waals surface area contributed by atoms with Gasteiger partial charge in [0.25, 0.3) is 0 Å². The van der Waals surface area contributed by atoms with E-state index in [1.54, 1.807) is 24.3 Å². The Morgan fingerprint density at radius 2 is 1.77 bits per heavy atom. The lowest BCUT2D eigenvalue weighted by molar-refractivity contribution is 0.264. The van der Waals surface area contributed by atoms with E-state index in [2.05, 4.69) is 4.90 Å². The lowest BCUT2D eigenvalue weighted by Crippen LogP contribution is -2.45. The smallest absolute Gasteiger partial charge is 0.183 e. The van der Waals surface area contributed by atoms with Gasteiger partial charge in [0.2, 0.25) is 0 Å². The quantitative estimate of drug-likeness (QED) is 0.897. The molecule has 4 nitrogen and oxygen atoms in total. The number of rotatable bonds is 3. The minimum atomic E-state index is -3.45. The van der Waals surface area contributed by atoms with Gasteiger partial charge in [-0.25, -0.2) is 8.42 Å². The van der Waals surface area contributed by atoms with Crippen LogP contribution in [0.4, 0.5) is 0 Å². The van der Waals surface area contributed by atoms with Gasteiger partial charge in [-0.05, 0) is 56.5 Å². The van der Waals surface area contributed by atoms with E-state index in [1.165, 1.54) is 0 Å². The van der Waals surface area contributed by atoms with Crippen LogP contribution in [0.25, 0.3) is 0 Å². The van der Waals surface area contributed by atoms with Crippen molar-refractivity contribution in [2.45, 2.75) is 29.0 Å². The maximum absolute atomic E-state index is 13.0. The zero-order chi connectivity index (χ0) is 16.0. The fraction of sp³-hybridized carbons (Fsp3) is 0.600. The number of hydrogen-bond donors (Lipinski definition) is 1. The van der Waals surface area contributed by atoms with Crippen molar-refractivity contribution in [1.29, 1.82) is 0 Å². The second-order valence-electron chi connectivity index (χ2n) is 6.40. The van der Waals surface area contributed by atoms with Crippen molar-refractivity contribution in [1.82, 2.24) is 4.90 Å². The minimum absolute atomic E-state index is 0.0619. The fourth-order valence-electron chi connectivity index (χ4n) is 3.52. The van der Waals surface area contributed by atoms with Crippen LogP contribution in [0.1, 0.15) is 12.8 Å². The molecule has 3 rings (SSSR count). The number of halogens is 1. The second kappa shape index (κ2) is 5.98. The summed E-state index contributed by atoms with van der Waals surface area (Å²) in [6.07, 6.45) is 4.05. The Balaban J connectivity index is 1.94. The predicted octanol–water partition coefficient (Wildman–Crippen LogP) is 2.87. The van der Waals surface area contributed by atoms with Crippen molar-refractivity contribution in [3.05, 3.63) is 29.3 Å². The van der Waals surface area contributed by atoms with Crippen LogP contribution in [-0.4, -0.2) is 60.0 Å². The molecule has 2 fully saturated rings. The third kappa shape index (κ3) is 3.17. The number of nitrogens with zero attached hydrogens (tertiary/aromatic N) is 1. The molecule has 0 aliphatic carbocycles. The highest BCUT2D eigenvalue weighted by Gasteiger charge is 2.48. The molecule has 2 aliphatic heterocycles. The summed E-state index contributed by atoms with van der Waals surface area (Å²) in [5.74, 6) is 0.976. The molecule has 1 N–H and O–H groups in total. The molecule has 2 aliphatic rings. The molecule has 2 heterocycles. The lowest BCUT2D eigenvalue weighted by Gasteiger charge is -2.28. The van der Waals surface area contributed by atoms with Gasteiger partial charge in [-0.1, -0.05) is 11.6 Å². The molecule has 0 bridgehead atoms. The monoisotopic (exact) mass is 363 g/mol. The number of benzene rings is 1. The Hall–Kier alpha value is -0.270. The van der Waals surface area contributed by atoms with E-state index in [9.17, 15) is 13.0 Å². The topological polar surface area (TPSA) is 57.6 Å². The van der Waals surface area contributed by atoms with E-state index in [-0.39, 0.29) is 6.04 Å². The first-order valence-electron chi connectivity index (χ1n) is 7.49. The Morgan fingerprint density at radius 1 is 1.18 bits per heavy atom. The highest BCUT2D eigenvalue weighted by Crippen LogP contribution is 2.51. The van der Waals surface area contributed by atoms with Gasteiger partial charge < -0.3 is 4.55 Å². The summed E-state index contributed by atoms with van der Waals surface area (Å²) >= 11 is 5.86. The zero-order valence-electron chi connectivity index (χ0n) is 12.6. The van der Waals surface area contributed by atoms with Crippen molar-refractivity contribution in [3.63, 3.8) is 0 Å². The van der Waals surface area contributed by atoms with Crippen LogP contribution >= 0.6 is 21.9 Å².